The van der Waals surface area contributed by atoms with Crippen molar-refractivity contribution < 1.29 is 30.8 Å². The summed E-state index contributed by atoms with van der Waals surface area (Å²) in [7, 11) is -5.63. The first kappa shape index (κ1) is 27.9. The summed E-state index contributed by atoms with van der Waals surface area (Å²) in [6.07, 6.45) is 3.44. The van der Waals surface area contributed by atoms with Crippen LogP contribution >= 0.6 is 0 Å². The van der Waals surface area contributed by atoms with E-state index in [2.05, 4.69) is 15.4 Å². The van der Waals surface area contributed by atoms with Gasteiger partial charge in [-0.15, -0.1) is 0 Å². The van der Waals surface area contributed by atoms with Gasteiger partial charge >= 0.3 is 15.5 Å². The molecule has 208 valence electrons. The molecule has 14 heteroatoms. The molecule has 0 radical (unpaired) electrons. The van der Waals surface area contributed by atoms with E-state index in [0.717, 1.165) is 42.3 Å². The predicted molar refractivity (Wildman–Crippen MR) is 133 cm³/mol. The van der Waals surface area contributed by atoms with Crippen LogP contribution in [0, 0.1) is 11.7 Å². The van der Waals surface area contributed by atoms with E-state index in [1.807, 2.05) is 11.5 Å². The quantitative estimate of drug-likeness (QED) is 0.522. The van der Waals surface area contributed by atoms with Gasteiger partial charge in [-0.1, -0.05) is 26.8 Å². The Bertz CT molecular complexity index is 1350. The van der Waals surface area contributed by atoms with E-state index in [9.17, 15) is 26.4 Å². The Morgan fingerprint density at radius 2 is 1.89 bits per heavy atom. The number of halogens is 4. The van der Waals surface area contributed by atoms with Crippen molar-refractivity contribution in [3.05, 3.63) is 46.8 Å². The topological polar surface area (TPSA) is 99.9 Å². The van der Waals surface area contributed by atoms with Crippen molar-refractivity contribution in [2.45, 2.75) is 65.1 Å². The summed E-state index contributed by atoms with van der Waals surface area (Å²) in [5, 5.41) is 8.03. The smallest absolute Gasteiger partial charge is 0.347 e. The van der Waals surface area contributed by atoms with Crippen molar-refractivity contribution in [3.8, 4) is 0 Å². The maximum Gasteiger partial charge on any atom is 0.516 e. The molecule has 2 aliphatic heterocycles. The third-order valence-electron chi connectivity index (χ3n) is 6.54. The number of carbonyl (C=O) groups excluding carboxylic acids is 1. The van der Waals surface area contributed by atoms with E-state index in [1.54, 1.807) is 6.07 Å². The predicted octanol–water partition coefficient (Wildman–Crippen LogP) is 3.79. The van der Waals surface area contributed by atoms with Crippen LogP contribution in [0.2, 0.25) is 0 Å². The zero-order valence-corrected chi connectivity index (χ0v) is 22.2. The zero-order chi connectivity index (χ0) is 27.8. The number of hydrogen-bond donors (Lipinski definition) is 1. The Balaban J connectivity index is 1.51. The third kappa shape index (κ3) is 5.22. The fraction of sp³-hybridized carbons (Fsp3) is 0.542. The number of nitrogens with one attached hydrogen (secondary N) is 1. The highest BCUT2D eigenvalue weighted by Crippen LogP contribution is 2.31. The molecule has 9 nitrogen and oxygen atoms in total. The number of rotatable bonds is 7. The van der Waals surface area contributed by atoms with Gasteiger partial charge in [0.05, 0.1) is 24.5 Å². The third-order valence-corrected chi connectivity index (χ3v) is 8.07. The van der Waals surface area contributed by atoms with E-state index in [-0.39, 0.29) is 34.8 Å². The summed E-state index contributed by atoms with van der Waals surface area (Å²) in [5.74, 6) is -1.10. The average molecular weight is 559 g/mol. The van der Waals surface area contributed by atoms with E-state index in [0.29, 0.717) is 17.7 Å². The minimum absolute atomic E-state index is 0.0135. The number of amides is 1. The Morgan fingerprint density at radius 1 is 1.16 bits per heavy atom. The van der Waals surface area contributed by atoms with Crippen LogP contribution < -0.4 is 10.3 Å². The van der Waals surface area contributed by atoms with Gasteiger partial charge in [0.1, 0.15) is 23.2 Å². The maximum absolute atomic E-state index is 15.1. The normalized spacial score (nSPS) is 16.5. The number of hydrazone groups is 1. The van der Waals surface area contributed by atoms with E-state index < -0.39 is 33.8 Å². The maximum atomic E-state index is 15.1. The van der Waals surface area contributed by atoms with Crippen LogP contribution in [0.1, 0.15) is 61.2 Å². The number of alkyl halides is 3. The number of sulfonamides is 1. The average Bonchev–Trinajstić information content (AvgIpc) is 3.25. The minimum atomic E-state index is -5.63. The standard InChI is InChI=1S/C24H30F4N6O3S/c1-4-18-21(32-10-6-5-7-20(32)30-18)23(35)29-14-16-8-9-19(17(25)13-16)33-11-12-34(22(31-33)15(2)3)38(36,37)24(26,27)28/h8-9,13,15H,4-7,10-12,14H2,1-3H3,(H,29,35). The highest BCUT2D eigenvalue weighted by Gasteiger charge is 2.52. The van der Waals surface area contributed by atoms with Crippen LogP contribution in [0.15, 0.2) is 23.3 Å². The number of aryl methyl sites for hydroxylation is 2. The lowest BCUT2D eigenvalue weighted by atomic mass is 10.1. The first-order valence-electron chi connectivity index (χ1n) is 12.4. The summed E-state index contributed by atoms with van der Waals surface area (Å²) in [6, 6.07) is 4.20. The second kappa shape index (κ2) is 10.5. The summed E-state index contributed by atoms with van der Waals surface area (Å²) in [6.45, 7) is 4.92. The molecular formula is C24H30F4N6O3S. The minimum Gasteiger partial charge on any atom is -0.347 e. The molecule has 0 aliphatic carbocycles. The van der Waals surface area contributed by atoms with Crippen molar-refractivity contribution in [1.82, 2.24) is 19.2 Å². The number of carbonyl (C=O) groups is 1. The van der Waals surface area contributed by atoms with Crippen LogP contribution in [0.25, 0.3) is 0 Å². The van der Waals surface area contributed by atoms with E-state index in [1.165, 1.54) is 26.0 Å². The molecule has 0 unspecified atom stereocenters. The summed E-state index contributed by atoms with van der Waals surface area (Å²) < 4.78 is 80.7. The van der Waals surface area contributed by atoms with Crippen LogP contribution in [-0.4, -0.2) is 52.6 Å². The van der Waals surface area contributed by atoms with Crippen LogP contribution in [0.5, 0.6) is 0 Å². The monoisotopic (exact) mass is 558 g/mol. The van der Waals surface area contributed by atoms with E-state index >= 15 is 4.39 Å². The molecule has 2 aliphatic rings. The number of anilines is 1. The molecule has 1 aromatic carbocycles. The van der Waals surface area contributed by atoms with Crippen molar-refractivity contribution >= 4 is 27.5 Å². The molecular weight excluding hydrogens is 528 g/mol. The number of imidazole rings is 1. The summed E-state index contributed by atoms with van der Waals surface area (Å²) in [5.41, 5.74) is -3.76. The molecule has 4 rings (SSSR count). The van der Waals surface area contributed by atoms with Gasteiger partial charge in [0.25, 0.3) is 5.91 Å². The molecule has 38 heavy (non-hydrogen) atoms. The number of aromatic nitrogens is 2. The number of hydrogen-bond acceptors (Lipinski definition) is 6. The highest BCUT2D eigenvalue weighted by atomic mass is 32.2. The number of fused-ring (bicyclic) bond motifs is 1. The van der Waals surface area contributed by atoms with Gasteiger partial charge < -0.3 is 9.88 Å². The Hall–Kier alpha value is -3.16. The van der Waals surface area contributed by atoms with Crippen molar-refractivity contribution in [1.29, 1.82) is 0 Å². The van der Waals surface area contributed by atoms with Crippen LogP contribution in [-0.2, 0) is 36.0 Å². The lowest BCUT2D eigenvalue weighted by Crippen LogP contribution is -2.52. The zero-order valence-electron chi connectivity index (χ0n) is 21.3. The van der Waals surface area contributed by atoms with Gasteiger partial charge in [-0.3, -0.25) is 9.80 Å². The number of benzene rings is 1. The molecule has 3 heterocycles. The van der Waals surface area contributed by atoms with Gasteiger partial charge in [0.2, 0.25) is 0 Å². The lowest BCUT2D eigenvalue weighted by Gasteiger charge is -2.35. The van der Waals surface area contributed by atoms with Gasteiger partial charge in [-0.2, -0.15) is 26.7 Å². The summed E-state index contributed by atoms with van der Waals surface area (Å²) >= 11 is 0. The molecule has 0 saturated carbocycles. The van der Waals surface area contributed by atoms with Gasteiger partial charge in [-0.05, 0) is 37.0 Å². The first-order chi connectivity index (χ1) is 17.8. The fourth-order valence-electron chi connectivity index (χ4n) is 4.64. The molecule has 1 aromatic heterocycles. The summed E-state index contributed by atoms with van der Waals surface area (Å²) in [4.78, 5) is 17.6. The fourth-order valence-corrected chi connectivity index (χ4v) is 5.71. The van der Waals surface area contributed by atoms with E-state index in [4.69, 9.17) is 0 Å². The molecule has 0 bridgehead atoms. The molecule has 0 spiro atoms. The molecule has 2 aromatic rings. The molecule has 0 atom stereocenters. The van der Waals surface area contributed by atoms with Crippen molar-refractivity contribution in [2.24, 2.45) is 11.0 Å². The number of nitrogens with zero attached hydrogens (tertiary/aromatic N) is 5. The van der Waals surface area contributed by atoms with Crippen LogP contribution in [0.3, 0.4) is 0 Å². The molecule has 1 amide bonds. The van der Waals surface area contributed by atoms with Gasteiger partial charge in [-0.25, -0.2) is 13.7 Å². The van der Waals surface area contributed by atoms with Crippen molar-refractivity contribution in [2.75, 3.05) is 18.1 Å². The molecule has 0 saturated heterocycles. The largest absolute Gasteiger partial charge is 0.516 e. The van der Waals surface area contributed by atoms with Crippen molar-refractivity contribution in [3.63, 3.8) is 0 Å². The highest BCUT2D eigenvalue weighted by molar-refractivity contribution is 7.90. The lowest BCUT2D eigenvalue weighted by molar-refractivity contribution is -0.0473. The van der Waals surface area contributed by atoms with Gasteiger partial charge in [0.15, 0.2) is 0 Å². The Morgan fingerprint density at radius 3 is 2.53 bits per heavy atom. The second-order valence-corrected chi connectivity index (χ2v) is 11.4. The number of amidine groups is 1. The second-order valence-electron chi connectivity index (χ2n) is 9.51. The van der Waals surface area contributed by atoms with Crippen LogP contribution in [0.4, 0.5) is 23.2 Å². The Labute approximate surface area is 218 Å². The first-order valence-corrected chi connectivity index (χ1v) is 13.9. The Kier molecular flexibility index (Phi) is 7.73. The molecule has 1 N–H and O–H groups in total. The SMILES string of the molecule is CCc1nc2n(c1C(=O)NCc1ccc(N3CCN(S(=O)(=O)C(F)(F)F)C(C(C)C)=N3)c(F)c1)CCCC2. The van der Waals surface area contributed by atoms with Gasteiger partial charge in [0, 0.05) is 25.4 Å². The molecule has 0 fully saturated rings.